The minimum absolute atomic E-state index is 0.0197. The number of pyridine rings is 4. The average molecular weight is 1230 g/mol. The summed E-state index contributed by atoms with van der Waals surface area (Å²) in [5.41, 5.74) is 13.6. The van der Waals surface area contributed by atoms with Crippen LogP contribution in [0.15, 0.2) is 128 Å². The number of aromatic nitrogens is 7. The zero-order valence-corrected chi connectivity index (χ0v) is 49.7. The van der Waals surface area contributed by atoms with E-state index < -0.39 is 42.0 Å². The fourth-order valence-electron chi connectivity index (χ4n) is 9.63. The normalized spacial score (nSPS) is 11.2. The molecular formula is C65H63N13O13. The fraction of sp³-hybridized carbons (Fsp3) is 0.231. The number of anilines is 4. The quantitative estimate of drug-likeness (QED) is 0.0213. The molecule has 4 amide bonds. The largest absolute Gasteiger partial charge is 0.494 e. The summed E-state index contributed by atoms with van der Waals surface area (Å²) in [4.78, 5) is 98.3. The third-order valence-electron chi connectivity index (χ3n) is 13.8. The monoisotopic (exact) mass is 1230 g/mol. The molecule has 0 radical (unpaired) electrons. The van der Waals surface area contributed by atoms with Crippen LogP contribution in [0, 0.1) is 5.92 Å². The molecule has 10 rings (SSSR count). The highest BCUT2D eigenvalue weighted by Gasteiger charge is 2.24. The van der Waals surface area contributed by atoms with Crippen molar-refractivity contribution in [1.82, 2.24) is 34.9 Å². The van der Waals surface area contributed by atoms with Gasteiger partial charge in [0.2, 0.25) is 5.91 Å². The molecule has 0 aliphatic rings. The van der Waals surface area contributed by atoms with Gasteiger partial charge in [-0.15, -0.1) is 5.10 Å². The van der Waals surface area contributed by atoms with Gasteiger partial charge in [0, 0.05) is 84.9 Å². The first-order valence-electron chi connectivity index (χ1n) is 29.0. The first-order valence-corrected chi connectivity index (χ1v) is 29.0. The molecule has 0 spiro atoms. The Morgan fingerprint density at radius 3 is 1.48 bits per heavy atom. The number of aliphatic carboxylic acids is 1. The van der Waals surface area contributed by atoms with Gasteiger partial charge < -0.3 is 66.6 Å². The number of carboxylic acids is 2. The average Bonchev–Trinajstić information content (AvgIpc) is 1.28. The minimum atomic E-state index is -1.43. The molecule has 0 aliphatic heterocycles. The first-order chi connectivity index (χ1) is 44.0. The number of hydrogen-bond donors (Lipinski definition) is 8. The van der Waals surface area contributed by atoms with Crippen LogP contribution in [0.4, 0.5) is 22.7 Å². The van der Waals surface area contributed by atoms with E-state index in [1.165, 1.54) is 43.3 Å². The fourth-order valence-corrected chi connectivity index (χ4v) is 9.63. The van der Waals surface area contributed by atoms with Gasteiger partial charge in [-0.25, -0.2) is 29.5 Å². The van der Waals surface area contributed by atoms with Crippen LogP contribution in [0.2, 0.25) is 0 Å². The molecule has 0 unspecified atom stereocenters. The molecular weight excluding hydrogens is 1170 g/mol. The topological polar surface area (TPSA) is 371 Å². The number of fused-ring (bicyclic) bond motifs is 4. The highest BCUT2D eigenvalue weighted by molar-refractivity contribution is 6.15. The predicted molar refractivity (Wildman–Crippen MR) is 338 cm³/mol. The van der Waals surface area contributed by atoms with Crippen molar-refractivity contribution in [2.45, 2.75) is 53.1 Å². The summed E-state index contributed by atoms with van der Waals surface area (Å²) in [6.07, 6.45) is 3.20. The van der Waals surface area contributed by atoms with E-state index in [0.717, 1.165) is 17.4 Å². The summed E-state index contributed by atoms with van der Waals surface area (Å²) in [6.45, 7) is 6.74. The van der Waals surface area contributed by atoms with Crippen molar-refractivity contribution in [3.8, 4) is 28.7 Å². The van der Waals surface area contributed by atoms with E-state index in [-0.39, 0.29) is 98.4 Å². The molecule has 26 nitrogen and oxygen atoms in total. The molecule has 26 heteroatoms. The number of benzene rings is 5. The number of nitrogens with zero attached hydrogens (tertiary/aromatic N) is 7. The Morgan fingerprint density at radius 2 is 1.00 bits per heavy atom. The Labute approximate surface area is 519 Å². The van der Waals surface area contributed by atoms with Crippen LogP contribution in [-0.4, -0.2) is 120 Å². The Balaban J connectivity index is 0.978. The Bertz CT molecular complexity index is 4420. The van der Waals surface area contributed by atoms with Gasteiger partial charge in [0.1, 0.15) is 45.8 Å². The number of hydrogen-bond acceptors (Lipinski definition) is 19. The lowest BCUT2D eigenvalue weighted by molar-refractivity contribution is -0.139. The maximum Gasteiger partial charge on any atom is 0.354 e. The van der Waals surface area contributed by atoms with E-state index in [2.05, 4.69) is 36.6 Å². The Morgan fingerprint density at radius 1 is 0.538 bits per heavy atom. The second-order valence-electron chi connectivity index (χ2n) is 21.2. The van der Waals surface area contributed by atoms with Gasteiger partial charge in [-0.05, 0) is 85.1 Å². The molecule has 5 aromatic heterocycles. The zero-order valence-electron chi connectivity index (χ0n) is 49.7. The van der Waals surface area contributed by atoms with Crippen LogP contribution in [0.3, 0.4) is 0 Å². The van der Waals surface area contributed by atoms with E-state index in [0.29, 0.717) is 90.9 Å². The maximum absolute atomic E-state index is 14.9. The molecule has 0 atom stereocenters. The third-order valence-corrected chi connectivity index (χ3v) is 13.8. The van der Waals surface area contributed by atoms with Crippen molar-refractivity contribution in [1.29, 1.82) is 0 Å². The predicted octanol–water partition coefficient (Wildman–Crippen LogP) is 8.66. The third kappa shape index (κ3) is 15.3. The van der Waals surface area contributed by atoms with Crippen LogP contribution in [-0.2, 0) is 29.1 Å². The molecule has 10 aromatic rings. The Kier molecular flexibility index (Phi) is 19.7. The molecule has 5 heterocycles. The summed E-state index contributed by atoms with van der Waals surface area (Å²) < 4.78 is 31.9. The minimum Gasteiger partial charge on any atom is -0.494 e. The lowest BCUT2D eigenvalue weighted by atomic mass is 10.1. The number of nitrogens with one attached hydrogen (secondary N) is 4. The highest BCUT2D eigenvalue weighted by atomic mass is 16.5. The van der Waals surface area contributed by atoms with Crippen molar-refractivity contribution < 1.29 is 62.7 Å². The van der Waals surface area contributed by atoms with E-state index >= 15 is 0 Å². The number of amides is 4. The molecule has 91 heavy (non-hydrogen) atoms. The van der Waals surface area contributed by atoms with E-state index in [1.807, 2.05) is 44.3 Å². The molecule has 0 saturated heterocycles. The maximum atomic E-state index is 14.9. The smallest absolute Gasteiger partial charge is 0.354 e. The van der Waals surface area contributed by atoms with Gasteiger partial charge in [-0.3, -0.25) is 23.9 Å². The molecule has 0 aliphatic carbocycles. The van der Waals surface area contributed by atoms with E-state index in [4.69, 9.17) is 50.1 Å². The Hall–Kier alpha value is -11.4. The summed E-state index contributed by atoms with van der Waals surface area (Å²) >= 11 is 0. The van der Waals surface area contributed by atoms with Crippen molar-refractivity contribution in [3.63, 3.8) is 0 Å². The number of aryl methyl sites for hydroxylation is 1. The second kappa shape index (κ2) is 28.6. The standard InChI is InChI=1S/C65H63N13O13/c1-36(2)34-90-55-30-51(69-58-43(55)15-5-17-45(58)68-37(3)79)64(84)74-47-19-7-14-42-54(89-26-21-39-33-78(77-76-39)23-10-25-87-40-12-4-11-38(27-40)32-67)29-50(71-60(42)47)63(83)73-46-18-6-13-41-53(88-24-9-22-66)28-49(70-59(41)46)62(82)75-48-20-8-16-44-56(91-35-57(80)81)31-52(65(85)86)72-61(44)48/h4-8,11-20,27-31,33,36H,9-10,21-26,32,34-35,66-67H2,1-3H3,(H,68,79)(H,73,83)(H,74,84)(H,75,82)(H,80,81)(H,85,86). The molecule has 0 bridgehead atoms. The molecule has 0 saturated carbocycles. The van der Waals surface area contributed by atoms with E-state index in [9.17, 15) is 39.0 Å². The summed E-state index contributed by atoms with van der Waals surface area (Å²) in [5, 5.41) is 40.9. The van der Waals surface area contributed by atoms with Gasteiger partial charge >= 0.3 is 11.9 Å². The first kappa shape index (κ1) is 62.7. The highest BCUT2D eigenvalue weighted by Crippen LogP contribution is 2.37. The molecule has 5 aromatic carbocycles. The number of nitrogens with two attached hydrogens (primary N) is 2. The van der Waals surface area contributed by atoms with Gasteiger partial charge in [0.05, 0.1) is 76.9 Å². The van der Waals surface area contributed by atoms with Crippen molar-refractivity contribution in [2.24, 2.45) is 17.4 Å². The van der Waals surface area contributed by atoms with Gasteiger partial charge in [0.25, 0.3) is 17.7 Å². The molecule has 466 valence electrons. The van der Waals surface area contributed by atoms with Crippen molar-refractivity contribution in [2.75, 3.05) is 60.8 Å². The van der Waals surface area contributed by atoms with Crippen molar-refractivity contribution >= 4 is 102 Å². The number of carbonyl (C=O) groups is 6. The number of para-hydroxylation sites is 4. The molecule has 0 fully saturated rings. The second-order valence-corrected chi connectivity index (χ2v) is 21.2. The van der Waals surface area contributed by atoms with Gasteiger partial charge in [0.15, 0.2) is 12.3 Å². The van der Waals surface area contributed by atoms with Crippen LogP contribution >= 0.6 is 0 Å². The summed E-state index contributed by atoms with van der Waals surface area (Å²) in [5.74, 6) is -3.76. The summed E-state index contributed by atoms with van der Waals surface area (Å²) in [6, 6.07) is 32.8. The zero-order chi connectivity index (χ0) is 64.1. The SMILES string of the molecule is CC(=O)Nc1cccc2c(OCC(C)C)cc(C(=O)Nc3cccc4c(OCCc5cn(CCCOc6cccc(CN)c6)nn5)cc(C(=O)Nc5cccc6c(OCCCN)cc(C(=O)Nc7cccc8c(OCC(=O)O)cc(C(=O)O)nc78)nc56)nc34)nc12. The van der Waals surface area contributed by atoms with E-state index in [1.54, 1.807) is 59.3 Å². The van der Waals surface area contributed by atoms with Crippen LogP contribution in [0.1, 0.15) is 86.8 Å². The van der Waals surface area contributed by atoms with Gasteiger partial charge in [-0.2, -0.15) is 0 Å². The number of carbonyl (C=O) groups excluding carboxylic acids is 4. The van der Waals surface area contributed by atoms with Crippen LogP contribution in [0.5, 0.6) is 28.7 Å². The van der Waals surface area contributed by atoms with Gasteiger partial charge in [-0.1, -0.05) is 55.5 Å². The van der Waals surface area contributed by atoms with Crippen molar-refractivity contribution in [3.05, 3.63) is 162 Å². The number of aromatic carboxylic acids is 1. The lowest BCUT2D eigenvalue weighted by Crippen LogP contribution is -2.18. The number of rotatable bonds is 28. The number of ether oxygens (including phenoxy) is 5. The number of carboxylic acid groups (broad SMARTS) is 2. The van der Waals surface area contributed by atoms with Crippen LogP contribution in [0.25, 0.3) is 43.6 Å². The van der Waals surface area contributed by atoms with Crippen LogP contribution < -0.4 is 56.4 Å². The summed E-state index contributed by atoms with van der Waals surface area (Å²) in [7, 11) is 0. The lowest BCUT2D eigenvalue weighted by Gasteiger charge is -2.16. The molecule has 10 N–H and O–H groups in total.